The molecule has 5 nitrogen and oxygen atoms in total. The van der Waals surface area contributed by atoms with Crippen molar-refractivity contribution < 1.29 is 13.6 Å². The Bertz CT molecular complexity index is 1220. The van der Waals surface area contributed by atoms with Gasteiger partial charge in [-0.3, -0.25) is 9.59 Å². The van der Waals surface area contributed by atoms with E-state index >= 15 is 0 Å². The summed E-state index contributed by atoms with van der Waals surface area (Å²) in [7, 11) is 0. The van der Waals surface area contributed by atoms with Gasteiger partial charge in [-0.15, -0.1) is 0 Å². The van der Waals surface area contributed by atoms with Crippen molar-refractivity contribution in [2.75, 3.05) is 26.2 Å². The van der Waals surface area contributed by atoms with Gasteiger partial charge in [0.1, 0.15) is 11.4 Å². The van der Waals surface area contributed by atoms with Crippen molar-refractivity contribution in [2.24, 2.45) is 0 Å². The van der Waals surface area contributed by atoms with Crippen molar-refractivity contribution in [3.63, 3.8) is 0 Å². The minimum atomic E-state index is -0.713. The van der Waals surface area contributed by atoms with Crippen molar-refractivity contribution in [1.82, 2.24) is 9.80 Å². The standard InChI is InChI=1S/C24H24ClFN2O3/c1-4-27(5-2)9-10-28-21(15-7-6-8-16(26)12-15)20-22(29)17-13-18(25)14(3)11-19(17)31-23(20)24(28)30/h6-8,11-13,21H,4-5,9-10H2,1-3H3/t21-/m1/s1. The van der Waals surface area contributed by atoms with Gasteiger partial charge in [0.25, 0.3) is 5.91 Å². The normalized spacial score (nSPS) is 15.9. The molecule has 0 spiro atoms. The fraction of sp³-hybridized carbons (Fsp3) is 0.333. The second kappa shape index (κ2) is 8.44. The molecule has 162 valence electrons. The van der Waals surface area contributed by atoms with E-state index in [9.17, 15) is 14.0 Å². The van der Waals surface area contributed by atoms with E-state index < -0.39 is 11.9 Å². The predicted molar refractivity (Wildman–Crippen MR) is 119 cm³/mol. The molecule has 1 aliphatic heterocycles. The van der Waals surface area contributed by atoms with Gasteiger partial charge in [0.2, 0.25) is 5.76 Å². The van der Waals surface area contributed by atoms with E-state index in [0.29, 0.717) is 34.6 Å². The Morgan fingerprint density at radius 1 is 1.16 bits per heavy atom. The number of hydrogen-bond donors (Lipinski definition) is 0. The van der Waals surface area contributed by atoms with Gasteiger partial charge in [-0.1, -0.05) is 37.6 Å². The van der Waals surface area contributed by atoms with Gasteiger partial charge >= 0.3 is 0 Å². The van der Waals surface area contributed by atoms with Crippen LogP contribution in [0.25, 0.3) is 11.0 Å². The number of amides is 1. The first-order valence-electron chi connectivity index (χ1n) is 10.4. The molecule has 2 heterocycles. The molecule has 0 saturated carbocycles. The second-order valence-electron chi connectivity index (χ2n) is 7.75. The van der Waals surface area contributed by atoms with E-state index in [1.807, 2.05) is 6.92 Å². The molecule has 0 radical (unpaired) electrons. The average Bonchev–Trinajstić information content (AvgIpc) is 3.03. The van der Waals surface area contributed by atoms with Crippen LogP contribution in [-0.4, -0.2) is 41.9 Å². The zero-order valence-electron chi connectivity index (χ0n) is 17.7. The molecule has 0 bridgehead atoms. The van der Waals surface area contributed by atoms with Crippen molar-refractivity contribution in [3.8, 4) is 0 Å². The van der Waals surface area contributed by atoms with Crippen LogP contribution >= 0.6 is 11.6 Å². The lowest BCUT2D eigenvalue weighted by Gasteiger charge is -2.28. The fourth-order valence-electron chi connectivity index (χ4n) is 4.18. The van der Waals surface area contributed by atoms with E-state index in [1.54, 1.807) is 29.2 Å². The van der Waals surface area contributed by atoms with Gasteiger partial charge in [0, 0.05) is 18.1 Å². The van der Waals surface area contributed by atoms with Crippen LogP contribution in [-0.2, 0) is 0 Å². The van der Waals surface area contributed by atoms with E-state index in [4.69, 9.17) is 16.0 Å². The Morgan fingerprint density at radius 3 is 2.58 bits per heavy atom. The Balaban J connectivity index is 1.90. The van der Waals surface area contributed by atoms with E-state index in [-0.39, 0.29) is 22.7 Å². The molecule has 0 aliphatic carbocycles. The summed E-state index contributed by atoms with van der Waals surface area (Å²) in [5.74, 6) is -0.762. The topological polar surface area (TPSA) is 53.8 Å². The number of hydrogen-bond acceptors (Lipinski definition) is 4. The molecule has 4 rings (SSSR count). The number of likely N-dealkylation sites (N-methyl/N-ethyl adjacent to an activating group) is 1. The number of rotatable bonds is 6. The molecule has 0 saturated heterocycles. The van der Waals surface area contributed by atoms with Crippen LogP contribution in [0.2, 0.25) is 5.02 Å². The molecular formula is C24H24ClFN2O3. The largest absolute Gasteiger partial charge is 0.450 e. The number of aryl methyl sites for hydroxylation is 1. The summed E-state index contributed by atoms with van der Waals surface area (Å²) in [6, 6.07) is 8.54. The predicted octanol–water partition coefficient (Wildman–Crippen LogP) is 4.78. The number of halogens is 2. The van der Waals surface area contributed by atoms with Crippen molar-refractivity contribution in [2.45, 2.75) is 26.8 Å². The van der Waals surface area contributed by atoms with E-state index in [2.05, 4.69) is 18.7 Å². The Morgan fingerprint density at radius 2 is 1.90 bits per heavy atom. The quantitative estimate of drug-likeness (QED) is 0.551. The third kappa shape index (κ3) is 3.75. The number of carbonyl (C=O) groups is 1. The molecule has 7 heteroatoms. The van der Waals surface area contributed by atoms with Crippen LogP contribution in [0, 0.1) is 12.7 Å². The summed E-state index contributed by atoms with van der Waals surface area (Å²) in [5.41, 5.74) is 1.54. The summed E-state index contributed by atoms with van der Waals surface area (Å²) < 4.78 is 20.0. The molecule has 3 aromatic rings. The minimum absolute atomic E-state index is 0.0213. The van der Waals surface area contributed by atoms with Gasteiger partial charge in [0.05, 0.1) is 17.0 Å². The van der Waals surface area contributed by atoms with Crippen LogP contribution in [0.1, 0.15) is 47.1 Å². The van der Waals surface area contributed by atoms with Crippen molar-refractivity contribution in [1.29, 1.82) is 0 Å². The first-order valence-corrected chi connectivity index (χ1v) is 10.8. The van der Waals surface area contributed by atoms with Crippen LogP contribution < -0.4 is 5.43 Å². The lowest BCUT2D eigenvalue weighted by molar-refractivity contribution is 0.0708. The summed E-state index contributed by atoms with van der Waals surface area (Å²) in [6.45, 7) is 8.63. The Kier molecular flexibility index (Phi) is 5.86. The highest BCUT2D eigenvalue weighted by Crippen LogP contribution is 2.38. The first-order chi connectivity index (χ1) is 14.8. The molecule has 0 unspecified atom stereocenters. The zero-order valence-corrected chi connectivity index (χ0v) is 18.5. The Hall–Kier alpha value is -2.70. The number of carbonyl (C=O) groups excluding carboxylic acids is 1. The van der Waals surface area contributed by atoms with Gasteiger partial charge < -0.3 is 14.2 Å². The molecule has 0 N–H and O–H groups in total. The molecule has 1 atom stereocenters. The molecule has 31 heavy (non-hydrogen) atoms. The van der Waals surface area contributed by atoms with Gasteiger partial charge in [-0.2, -0.15) is 0 Å². The van der Waals surface area contributed by atoms with Crippen LogP contribution in [0.3, 0.4) is 0 Å². The van der Waals surface area contributed by atoms with Gasteiger partial charge in [-0.05, 0) is 55.4 Å². The van der Waals surface area contributed by atoms with Gasteiger partial charge in [0.15, 0.2) is 5.43 Å². The molecule has 0 fully saturated rings. The lowest BCUT2D eigenvalue weighted by Crippen LogP contribution is -2.37. The summed E-state index contributed by atoms with van der Waals surface area (Å²) in [5, 5.41) is 0.763. The number of fused-ring (bicyclic) bond motifs is 2. The maximum Gasteiger partial charge on any atom is 0.290 e. The highest BCUT2D eigenvalue weighted by atomic mass is 35.5. The third-order valence-electron chi connectivity index (χ3n) is 5.96. The molecule has 1 amide bonds. The zero-order chi connectivity index (χ0) is 22.3. The average molecular weight is 443 g/mol. The highest BCUT2D eigenvalue weighted by molar-refractivity contribution is 6.32. The monoisotopic (exact) mass is 442 g/mol. The van der Waals surface area contributed by atoms with Crippen LogP contribution in [0.15, 0.2) is 45.6 Å². The summed E-state index contributed by atoms with van der Waals surface area (Å²) >= 11 is 6.25. The summed E-state index contributed by atoms with van der Waals surface area (Å²) in [6.07, 6.45) is 0. The molecule has 2 aromatic carbocycles. The SMILES string of the molecule is CCN(CC)CCN1C(=O)c2oc3cc(C)c(Cl)cc3c(=O)c2[C@H]1c1cccc(F)c1. The maximum absolute atomic E-state index is 14.1. The lowest BCUT2D eigenvalue weighted by atomic mass is 9.98. The highest BCUT2D eigenvalue weighted by Gasteiger charge is 2.42. The van der Waals surface area contributed by atoms with Crippen molar-refractivity contribution in [3.05, 3.63) is 79.9 Å². The number of nitrogens with zero attached hydrogens (tertiary/aromatic N) is 2. The van der Waals surface area contributed by atoms with Crippen LogP contribution in [0.4, 0.5) is 4.39 Å². The van der Waals surface area contributed by atoms with E-state index in [1.165, 1.54) is 12.1 Å². The minimum Gasteiger partial charge on any atom is -0.450 e. The third-order valence-corrected chi connectivity index (χ3v) is 6.37. The Labute approximate surface area is 185 Å². The smallest absolute Gasteiger partial charge is 0.290 e. The second-order valence-corrected chi connectivity index (χ2v) is 8.16. The molecule has 1 aliphatic rings. The molecule has 1 aromatic heterocycles. The number of benzene rings is 2. The first kappa shape index (κ1) is 21.5. The van der Waals surface area contributed by atoms with Crippen LogP contribution in [0.5, 0.6) is 0 Å². The fourth-order valence-corrected chi connectivity index (χ4v) is 4.35. The molecular weight excluding hydrogens is 419 g/mol. The maximum atomic E-state index is 14.1. The summed E-state index contributed by atoms with van der Waals surface area (Å²) in [4.78, 5) is 30.6. The van der Waals surface area contributed by atoms with E-state index in [0.717, 1.165) is 18.7 Å². The van der Waals surface area contributed by atoms with Gasteiger partial charge in [-0.25, -0.2) is 4.39 Å². The van der Waals surface area contributed by atoms with Crippen molar-refractivity contribution >= 4 is 28.5 Å².